The van der Waals surface area contributed by atoms with E-state index < -0.39 is 48.9 Å². The number of pyridine rings is 1. The second kappa shape index (κ2) is 10.3. The molecular formula is C23H25F5N6O3. The molecule has 1 unspecified atom stereocenters. The first-order valence-electron chi connectivity index (χ1n) is 11.4. The zero-order chi connectivity index (χ0) is 26.9. The van der Waals surface area contributed by atoms with E-state index in [2.05, 4.69) is 20.3 Å². The zero-order valence-corrected chi connectivity index (χ0v) is 20.2. The van der Waals surface area contributed by atoms with Crippen LogP contribution in [0, 0.1) is 5.92 Å². The van der Waals surface area contributed by atoms with Crippen LogP contribution in [-0.4, -0.2) is 69.7 Å². The number of hydrogen-bond donors (Lipinski definition) is 1. The lowest BCUT2D eigenvalue weighted by atomic mass is 10.1. The van der Waals surface area contributed by atoms with Gasteiger partial charge in [0, 0.05) is 30.7 Å². The molecule has 0 aliphatic heterocycles. The summed E-state index contributed by atoms with van der Waals surface area (Å²) in [4.78, 5) is 25.7. The van der Waals surface area contributed by atoms with E-state index in [0.717, 1.165) is 12.3 Å². The number of fused-ring (bicyclic) bond motifs is 1. The van der Waals surface area contributed by atoms with Crippen LogP contribution in [0.2, 0.25) is 0 Å². The Morgan fingerprint density at radius 2 is 1.97 bits per heavy atom. The molecule has 1 saturated carbocycles. The van der Waals surface area contributed by atoms with Gasteiger partial charge in [0.15, 0.2) is 11.7 Å². The standard InChI is InChI=1S/C23H25F5N6O3/c1-4-34(22(35)32-17(19(24)25)12-5-6-12)18(23(26,27)28)14-9-13(16(36-2)10-30-14)15-11-33-8-7-29-20(33)21(31-15)37-3/h7-12,17-19H,4-6H2,1-3H3,(H,32,35)/t17?,18-/m0/s1. The summed E-state index contributed by atoms with van der Waals surface area (Å²) in [5.41, 5.74) is 0.205. The number of methoxy groups -OCH3 is 2. The SMILES string of the molecule is CCN(C(=O)NC(C(F)F)C1CC1)[C@@H](c1cc(-c2cn3ccnc3c(OC)n2)c(OC)cn1)C(F)(F)F. The number of nitrogens with one attached hydrogen (secondary N) is 1. The molecule has 0 radical (unpaired) electrons. The molecule has 2 amide bonds. The first-order chi connectivity index (χ1) is 17.6. The molecule has 1 N–H and O–H groups in total. The molecule has 1 fully saturated rings. The third kappa shape index (κ3) is 5.37. The molecule has 4 rings (SSSR count). The maximum Gasteiger partial charge on any atom is 0.414 e. The number of aromatic nitrogens is 4. The Kier molecular flexibility index (Phi) is 7.37. The van der Waals surface area contributed by atoms with E-state index in [1.54, 1.807) is 10.6 Å². The van der Waals surface area contributed by atoms with Gasteiger partial charge in [0.2, 0.25) is 0 Å². The van der Waals surface area contributed by atoms with Crippen LogP contribution >= 0.6 is 0 Å². The number of ether oxygens (including phenoxy) is 2. The van der Waals surface area contributed by atoms with E-state index in [0.29, 0.717) is 23.4 Å². The lowest BCUT2D eigenvalue weighted by molar-refractivity contribution is -0.179. The minimum atomic E-state index is -4.97. The summed E-state index contributed by atoms with van der Waals surface area (Å²) >= 11 is 0. The summed E-state index contributed by atoms with van der Waals surface area (Å²) in [5, 5.41) is 2.10. The van der Waals surface area contributed by atoms with Gasteiger partial charge in [0.05, 0.1) is 37.8 Å². The summed E-state index contributed by atoms with van der Waals surface area (Å²) in [6, 6.07) is -4.17. The minimum Gasteiger partial charge on any atom is -0.494 e. The Bertz CT molecular complexity index is 1260. The van der Waals surface area contributed by atoms with Gasteiger partial charge in [-0.3, -0.25) is 4.98 Å². The largest absolute Gasteiger partial charge is 0.494 e. The predicted molar refractivity (Wildman–Crippen MR) is 122 cm³/mol. The van der Waals surface area contributed by atoms with Crippen molar-refractivity contribution < 1.29 is 36.2 Å². The van der Waals surface area contributed by atoms with Crippen molar-refractivity contribution >= 4 is 11.7 Å². The molecular weight excluding hydrogens is 503 g/mol. The monoisotopic (exact) mass is 528 g/mol. The number of hydrogen-bond acceptors (Lipinski definition) is 6. The van der Waals surface area contributed by atoms with Crippen LogP contribution in [0.5, 0.6) is 11.6 Å². The van der Waals surface area contributed by atoms with Crippen LogP contribution < -0.4 is 14.8 Å². The Morgan fingerprint density at radius 3 is 2.54 bits per heavy atom. The summed E-state index contributed by atoms with van der Waals surface area (Å²) in [7, 11) is 2.70. The number of rotatable bonds is 9. The Balaban J connectivity index is 1.77. The van der Waals surface area contributed by atoms with Gasteiger partial charge in [-0.1, -0.05) is 0 Å². The van der Waals surface area contributed by atoms with Crippen molar-refractivity contribution in [3.63, 3.8) is 0 Å². The third-order valence-corrected chi connectivity index (χ3v) is 6.12. The van der Waals surface area contributed by atoms with E-state index in [-0.39, 0.29) is 22.9 Å². The number of urea groups is 1. The minimum absolute atomic E-state index is 0.123. The molecule has 3 aromatic heterocycles. The lowest BCUT2D eigenvalue weighted by Gasteiger charge is -2.33. The summed E-state index contributed by atoms with van der Waals surface area (Å²) in [6.07, 6.45) is -1.18. The topological polar surface area (TPSA) is 93.9 Å². The number of carbonyl (C=O) groups excluding carboxylic acids is 1. The van der Waals surface area contributed by atoms with Crippen molar-refractivity contribution in [3.8, 4) is 22.9 Å². The smallest absolute Gasteiger partial charge is 0.414 e. The average Bonchev–Trinajstić information content (AvgIpc) is 3.59. The number of carbonyl (C=O) groups is 1. The number of alkyl halides is 5. The van der Waals surface area contributed by atoms with Gasteiger partial charge in [0.1, 0.15) is 5.75 Å². The maximum absolute atomic E-state index is 14.4. The van der Waals surface area contributed by atoms with Gasteiger partial charge in [0.25, 0.3) is 12.3 Å². The highest BCUT2D eigenvalue weighted by molar-refractivity contribution is 5.76. The Morgan fingerprint density at radius 1 is 1.24 bits per heavy atom. The van der Waals surface area contributed by atoms with Crippen molar-refractivity contribution in [3.05, 3.63) is 36.5 Å². The average molecular weight is 528 g/mol. The molecule has 0 bridgehead atoms. The second-order valence-electron chi connectivity index (χ2n) is 8.48. The summed E-state index contributed by atoms with van der Waals surface area (Å²) in [6.45, 7) is 0.920. The molecule has 1 aliphatic carbocycles. The quantitative estimate of drug-likeness (QED) is 0.412. The molecule has 1 aliphatic rings. The highest BCUT2D eigenvalue weighted by atomic mass is 19.4. The fourth-order valence-corrected chi connectivity index (χ4v) is 4.16. The van der Waals surface area contributed by atoms with E-state index in [4.69, 9.17) is 9.47 Å². The van der Waals surface area contributed by atoms with Crippen LogP contribution in [0.1, 0.15) is 31.5 Å². The van der Waals surface area contributed by atoms with Crippen LogP contribution in [-0.2, 0) is 0 Å². The van der Waals surface area contributed by atoms with Crippen molar-refractivity contribution in [2.45, 2.75) is 44.5 Å². The first-order valence-corrected chi connectivity index (χ1v) is 11.4. The molecule has 3 aromatic rings. The third-order valence-electron chi connectivity index (χ3n) is 6.12. The molecule has 0 saturated heterocycles. The number of amides is 2. The molecule has 2 atom stereocenters. The summed E-state index contributed by atoms with van der Waals surface area (Å²) < 4.78 is 82.2. The van der Waals surface area contributed by atoms with E-state index in [1.807, 2.05) is 0 Å². The van der Waals surface area contributed by atoms with Gasteiger partial charge in [-0.15, -0.1) is 0 Å². The molecule has 9 nitrogen and oxygen atoms in total. The predicted octanol–water partition coefficient (Wildman–Crippen LogP) is 4.49. The molecule has 14 heteroatoms. The van der Waals surface area contributed by atoms with Crippen molar-refractivity contribution in [1.82, 2.24) is 29.6 Å². The van der Waals surface area contributed by atoms with Crippen molar-refractivity contribution in [2.24, 2.45) is 5.92 Å². The van der Waals surface area contributed by atoms with Crippen LogP contribution in [0.4, 0.5) is 26.7 Å². The number of halogens is 5. The number of imidazole rings is 1. The second-order valence-corrected chi connectivity index (χ2v) is 8.48. The van der Waals surface area contributed by atoms with Gasteiger partial charge < -0.3 is 24.1 Å². The van der Waals surface area contributed by atoms with Gasteiger partial charge in [-0.25, -0.2) is 23.5 Å². The van der Waals surface area contributed by atoms with Gasteiger partial charge >= 0.3 is 12.2 Å². The van der Waals surface area contributed by atoms with E-state index in [9.17, 15) is 26.7 Å². The Hall–Kier alpha value is -3.71. The highest BCUT2D eigenvalue weighted by Crippen LogP contribution is 2.41. The van der Waals surface area contributed by atoms with E-state index >= 15 is 0 Å². The highest BCUT2D eigenvalue weighted by Gasteiger charge is 2.48. The van der Waals surface area contributed by atoms with Crippen LogP contribution in [0.15, 0.2) is 30.9 Å². The lowest BCUT2D eigenvalue weighted by Crippen LogP contribution is -2.52. The zero-order valence-electron chi connectivity index (χ0n) is 20.2. The summed E-state index contributed by atoms with van der Waals surface area (Å²) in [5.74, 6) is -0.211. The number of nitrogens with zero attached hydrogens (tertiary/aromatic N) is 5. The van der Waals surface area contributed by atoms with Crippen LogP contribution in [0.25, 0.3) is 16.9 Å². The van der Waals surface area contributed by atoms with Gasteiger partial charge in [-0.2, -0.15) is 13.2 Å². The molecule has 0 aromatic carbocycles. The maximum atomic E-state index is 14.4. The fourth-order valence-electron chi connectivity index (χ4n) is 4.16. The molecule has 200 valence electrons. The molecule has 3 heterocycles. The normalized spacial score (nSPS) is 15.5. The fraction of sp³-hybridized carbons (Fsp3) is 0.478. The van der Waals surface area contributed by atoms with Crippen molar-refractivity contribution in [2.75, 3.05) is 20.8 Å². The molecule has 0 spiro atoms. The van der Waals surface area contributed by atoms with Crippen LogP contribution in [0.3, 0.4) is 0 Å². The Labute approximate surface area is 208 Å². The van der Waals surface area contributed by atoms with Gasteiger partial charge in [-0.05, 0) is 31.7 Å². The van der Waals surface area contributed by atoms with Crippen molar-refractivity contribution in [1.29, 1.82) is 0 Å². The van der Waals surface area contributed by atoms with E-state index in [1.165, 1.54) is 33.5 Å². The first kappa shape index (κ1) is 26.4. The molecule has 37 heavy (non-hydrogen) atoms.